The zero-order valence-corrected chi connectivity index (χ0v) is 22.3. The van der Waals surface area contributed by atoms with Crippen molar-refractivity contribution in [3.63, 3.8) is 0 Å². The van der Waals surface area contributed by atoms with E-state index in [2.05, 4.69) is 61.6 Å². The van der Waals surface area contributed by atoms with Gasteiger partial charge in [-0.1, -0.05) is 101 Å². The van der Waals surface area contributed by atoms with Gasteiger partial charge < -0.3 is 10.6 Å². The lowest BCUT2D eigenvalue weighted by Crippen LogP contribution is -2.35. The van der Waals surface area contributed by atoms with E-state index in [-0.39, 0.29) is 23.1 Å². The summed E-state index contributed by atoms with van der Waals surface area (Å²) in [6, 6.07) is 10.4. The van der Waals surface area contributed by atoms with Gasteiger partial charge in [0.15, 0.2) is 0 Å². The molecule has 0 aliphatic heterocycles. The second-order valence-corrected chi connectivity index (χ2v) is 9.00. The molecule has 28 heavy (non-hydrogen) atoms. The minimum atomic E-state index is 0. The van der Waals surface area contributed by atoms with Gasteiger partial charge in [0, 0.05) is 0 Å². The molecule has 3 N–H and O–H groups in total. The molecule has 0 spiro atoms. The highest BCUT2D eigenvalue weighted by molar-refractivity contribution is 8.93. The highest BCUT2D eigenvalue weighted by Gasteiger charge is 2.04. The molecule has 0 fully saturated rings. The average Bonchev–Trinajstić information content (AvgIpc) is 2.63. The van der Waals surface area contributed by atoms with E-state index in [1.807, 2.05) is 6.07 Å². The Bertz CT molecular complexity index is 393. The molecule has 0 aliphatic rings. The summed E-state index contributed by atoms with van der Waals surface area (Å²) in [5, 5.41) is 0. The summed E-state index contributed by atoms with van der Waals surface area (Å²) in [6.45, 7) is 3.62. The van der Waals surface area contributed by atoms with Gasteiger partial charge in [0.2, 0.25) is 0 Å². The molecule has 0 bridgehead atoms. The van der Waals surface area contributed by atoms with Gasteiger partial charge in [0.25, 0.3) is 0 Å². The molecule has 1 aromatic carbocycles. The summed E-state index contributed by atoms with van der Waals surface area (Å²) in [4.78, 5) is 0. The Morgan fingerprint density at radius 3 is 1.39 bits per heavy atom. The van der Waals surface area contributed by atoms with Crippen molar-refractivity contribution < 1.29 is 4.48 Å². The van der Waals surface area contributed by atoms with Gasteiger partial charge in [-0.25, -0.2) is 0 Å². The van der Waals surface area contributed by atoms with Crippen molar-refractivity contribution in [1.29, 1.82) is 0 Å². The van der Waals surface area contributed by atoms with E-state index >= 15 is 0 Å². The molecular weight excluding hydrogens is 427 g/mol. The van der Waals surface area contributed by atoms with Crippen LogP contribution in [-0.2, 0) is 6.16 Å². The number of halogens is 1. The van der Waals surface area contributed by atoms with E-state index in [0.717, 1.165) is 10.6 Å². The first-order valence-corrected chi connectivity index (χ1v) is 11.9. The van der Waals surface area contributed by atoms with Crippen molar-refractivity contribution in [3.05, 3.63) is 35.9 Å². The molecule has 168 valence electrons. The van der Waals surface area contributed by atoms with Crippen molar-refractivity contribution in [1.82, 2.24) is 6.15 Å². The fourth-order valence-electron chi connectivity index (χ4n) is 3.04. The first kappa shape index (κ1) is 32.7. The summed E-state index contributed by atoms with van der Waals surface area (Å²) in [7, 11) is 9.56. The zero-order valence-electron chi connectivity index (χ0n) is 19.4. The second-order valence-electron chi connectivity index (χ2n) is 8.59. The lowest BCUT2D eigenvalue weighted by atomic mass is 10.1. The zero-order chi connectivity index (χ0) is 19.5. The van der Waals surface area contributed by atoms with Crippen molar-refractivity contribution in [3.8, 4) is 0 Å². The predicted molar refractivity (Wildman–Crippen MR) is 139 cm³/mol. The molecule has 1 unspecified atom stereocenters. The lowest BCUT2D eigenvalue weighted by Gasteiger charge is -2.23. The van der Waals surface area contributed by atoms with Gasteiger partial charge in [-0.3, -0.25) is 0 Å². The number of hydrogen-bond donors (Lipinski definition) is 1. The first-order valence-electron chi connectivity index (χ1n) is 11.0. The van der Waals surface area contributed by atoms with E-state index in [1.165, 1.54) is 89.2 Å². The van der Waals surface area contributed by atoms with Crippen LogP contribution in [0.5, 0.6) is 0 Å². The van der Waals surface area contributed by atoms with E-state index in [1.54, 1.807) is 0 Å². The molecule has 4 heteroatoms. The van der Waals surface area contributed by atoms with Crippen molar-refractivity contribution in [2.45, 2.75) is 90.1 Å². The molecule has 1 rings (SSSR count). The normalized spacial score (nSPS) is 10.3. The summed E-state index contributed by atoms with van der Waals surface area (Å²) < 4.78 is 1.12. The maximum absolute atomic E-state index is 2.69. The van der Waals surface area contributed by atoms with Gasteiger partial charge >= 0.3 is 0 Å². The fraction of sp³-hybridized carbons (Fsp3) is 0.750. The van der Waals surface area contributed by atoms with E-state index < -0.39 is 0 Å². The van der Waals surface area contributed by atoms with Crippen molar-refractivity contribution in [2.24, 2.45) is 0 Å². The minimum absolute atomic E-state index is 0. The van der Waals surface area contributed by atoms with Gasteiger partial charge in [-0.05, 0) is 24.6 Å². The maximum Gasteiger partial charge on any atom is 0.0780 e. The first-order chi connectivity index (χ1) is 12.5. The van der Waals surface area contributed by atoms with Gasteiger partial charge in [0.1, 0.15) is 0 Å². The third-order valence-electron chi connectivity index (χ3n) is 4.76. The SMILES string of the molecule is Br.CCCCCCCCCCCCCC[N+](C)(C)C.N.PCc1ccccc1. The third kappa shape index (κ3) is 26.1. The van der Waals surface area contributed by atoms with Crippen LogP contribution in [0.4, 0.5) is 0 Å². The Labute approximate surface area is 190 Å². The quantitative estimate of drug-likeness (QED) is 0.163. The summed E-state index contributed by atoms with van der Waals surface area (Å²) in [5.74, 6) is 0. The number of hydrogen-bond acceptors (Lipinski definition) is 1. The number of nitrogens with zero attached hydrogens (tertiary/aromatic N) is 1. The van der Waals surface area contributed by atoms with Crippen LogP contribution in [0, 0.1) is 0 Å². The second kappa shape index (κ2) is 23.3. The molecule has 0 radical (unpaired) electrons. The molecule has 0 saturated carbocycles. The standard InChI is InChI=1S/C17H38N.C7H9P.BrH.H3N/c1-5-6-7-8-9-10-11-12-13-14-15-16-17-18(2,3)4;8-6-7-4-2-1-3-5-7;;/h5-17H2,1-4H3;1-5H,6,8H2;1H;1H3/q+1;;;. The Morgan fingerprint density at radius 1 is 0.679 bits per heavy atom. The molecule has 1 aromatic rings. The number of rotatable bonds is 14. The van der Waals surface area contributed by atoms with Crippen LogP contribution in [0.25, 0.3) is 0 Å². The van der Waals surface area contributed by atoms with E-state index in [9.17, 15) is 0 Å². The summed E-state index contributed by atoms with van der Waals surface area (Å²) >= 11 is 0. The van der Waals surface area contributed by atoms with Gasteiger partial charge in [-0.2, -0.15) is 0 Å². The van der Waals surface area contributed by atoms with Gasteiger partial charge in [0.05, 0.1) is 27.7 Å². The molecule has 0 heterocycles. The van der Waals surface area contributed by atoms with Crippen LogP contribution in [-0.4, -0.2) is 32.2 Å². The highest BCUT2D eigenvalue weighted by atomic mass is 79.9. The molecule has 0 aromatic heterocycles. The van der Waals surface area contributed by atoms with Crippen LogP contribution in [0.15, 0.2) is 30.3 Å². The van der Waals surface area contributed by atoms with E-state index in [4.69, 9.17) is 0 Å². The topological polar surface area (TPSA) is 35.0 Å². The van der Waals surface area contributed by atoms with Gasteiger partial charge in [-0.15, -0.1) is 26.2 Å². The summed E-state index contributed by atoms with van der Waals surface area (Å²) in [5.41, 5.74) is 1.37. The molecule has 2 nitrogen and oxygen atoms in total. The average molecular weight is 479 g/mol. The number of quaternary nitrogens is 1. The largest absolute Gasteiger partial charge is 0.344 e. The summed E-state index contributed by atoms with van der Waals surface area (Å²) in [6.07, 6.45) is 18.4. The van der Waals surface area contributed by atoms with Crippen LogP contribution >= 0.6 is 26.2 Å². The molecule has 0 aliphatic carbocycles. The smallest absolute Gasteiger partial charge is 0.0780 e. The van der Waals surface area contributed by atoms with Crippen molar-refractivity contribution >= 4 is 26.2 Å². The molecule has 1 atom stereocenters. The Hall–Kier alpha value is 0.0500. The Kier molecular flexibility index (Phi) is 27.3. The number of unbranched alkanes of at least 4 members (excludes halogenated alkanes) is 11. The monoisotopic (exact) mass is 477 g/mol. The highest BCUT2D eigenvalue weighted by Crippen LogP contribution is 2.12. The van der Waals surface area contributed by atoms with Crippen LogP contribution < -0.4 is 6.15 Å². The maximum atomic E-state index is 2.69. The molecule has 0 amide bonds. The Balaban J connectivity index is -0.000000525. The number of benzene rings is 1. The predicted octanol–water partition coefficient (Wildman–Crippen LogP) is 8.20. The lowest BCUT2D eigenvalue weighted by molar-refractivity contribution is -0.870. The van der Waals surface area contributed by atoms with E-state index in [0.29, 0.717) is 0 Å². The van der Waals surface area contributed by atoms with Crippen molar-refractivity contribution in [2.75, 3.05) is 27.7 Å². The fourth-order valence-corrected chi connectivity index (χ4v) is 3.31. The van der Waals surface area contributed by atoms with Crippen LogP contribution in [0.1, 0.15) is 89.5 Å². The van der Waals surface area contributed by atoms with Crippen LogP contribution in [0.2, 0.25) is 0 Å². The molecular formula is C24H51BrN2P+. The minimum Gasteiger partial charge on any atom is -0.344 e. The third-order valence-corrected chi connectivity index (χ3v) is 5.23. The Morgan fingerprint density at radius 2 is 1.07 bits per heavy atom. The van der Waals surface area contributed by atoms with Crippen LogP contribution in [0.3, 0.4) is 0 Å². The molecule has 0 saturated heterocycles.